The van der Waals surface area contributed by atoms with E-state index in [0.29, 0.717) is 18.9 Å². The van der Waals surface area contributed by atoms with Crippen molar-refractivity contribution < 1.29 is 9.90 Å². The van der Waals surface area contributed by atoms with Crippen LogP contribution in [0.25, 0.3) is 21.9 Å². The highest BCUT2D eigenvalue weighted by molar-refractivity contribution is 7.07. The third-order valence-corrected chi connectivity index (χ3v) is 6.30. The molecule has 0 atom stereocenters. The summed E-state index contributed by atoms with van der Waals surface area (Å²) >= 11 is 1.60. The van der Waals surface area contributed by atoms with Gasteiger partial charge in [-0.2, -0.15) is 0 Å². The number of amides is 1. The molecule has 3 N–H and O–H groups in total. The van der Waals surface area contributed by atoms with Gasteiger partial charge in [0.2, 0.25) is 5.91 Å². The van der Waals surface area contributed by atoms with Crippen molar-refractivity contribution in [3.8, 4) is 0 Å². The van der Waals surface area contributed by atoms with Gasteiger partial charge in [-0.25, -0.2) is 15.0 Å². The molecular weight excluding hydrogens is 462 g/mol. The van der Waals surface area contributed by atoms with Gasteiger partial charge in [0.25, 0.3) is 0 Å². The number of rotatable bonds is 9. The minimum absolute atomic E-state index is 0.0589. The molecule has 35 heavy (non-hydrogen) atoms. The van der Waals surface area contributed by atoms with Gasteiger partial charge in [0, 0.05) is 47.5 Å². The summed E-state index contributed by atoms with van der Waals surface area (Å²) in [7, 11) is 0. The Morgan fingerprint density at radius 1 is 1.11 bits per heavy atom. The van der Waals surface area contributed by atoms with Crippen LogP contribution in [0.4, 0.5) is 11.5 Å². The number of hydrogen-bond acceptors (Lipinski definition) is 7. The highest BCUT2D eigenvalue weighted by atomic mass is 32.1. The molecule has 4 heterocycles. The summed E-state index contributed by atoms with van der Waals surface area (Å²) in [6.45, 7) is 4.97. The first-order valence-corrected chi connectivity index (χ1v) is 12.3. The van der Waals surface area contributed by atoms with E-state index in [-0.39, 0.29) is 12.3 Å². The molecule has 0 aliphatic heterocycles. The predicted octanol–water partition coefficient (Wildman–Crippen LogP) is 3.91. The van der Waals surface area contributed by atoms with E-state index < -0.39 is 5.60 Å². The largest absolute Gasteiger partial charge is 0.390 e. The van der Waals surface area contributed by atoms with Crippen molar-refractivity contribution >= 4 is 50.7 Å². The number of aliphatic hydroxyl groups is 1. The Hall–Kier alpha value is -3.76. The van der Waals surface area contributed by atoms with Gasteiger partial charge in [-0.1, -0.05) is 0 Å². The van der Waals surface area contributed by atoms with Crippen LogP contribution in [-0.4, -0.2) is 47.2 Å². The Labute approximate surface area is 206 Å². The molecule has 0 saturated carbocycles. The fraction of sp³-hybridized carbons (Fsp3) is 0.280. The molecule has 0 spiro atoms. The first-order chi connectivity index (χ1) is 16.9. The summed E-state index contributed by atoms with van der Waals surface area (Å²) in [6.07, 6.45) is 5.62. The molecule has 5 aromatic rings. The smallest absolute Gasteiger partial charge is 0.222 e. The van der Waals surface area contributed by atoms with E-state index >= 15 is 0 Å². The summed E-state index contributed by atoms with van der Waals surface area (Å²) in [6, 6.07) is 10.3. The molecule has 1 aromatic carbocycles. The molecule has 1 amide bonds. The number of fused-ring (bicyclic) bond motifs is 2. The van der Waals surface area contributed by atoms with Gasteiger partial charge in [0.1, 0.15) is 11.8 Å². The Kier molecular flexibility index (Phi) is 6.23. The third-order valence-electron chi connectivity index (χ3n) is 5.67. The minimum atomic E-state index is -1.03. The van der Waals surface area contributed by atoms with Crippen LogP contribution in [0.1, 0.15) is 26.0 Å². The molecule has 0 saturated heterocycles. The van der Waals surface area contributed by atoms with E-state index in [4.69, 9.17) is 0 Å². The molecule has 180 valence electrons. The van der Waals surface area contributed by atoms with Gasteiger partial charge < -0.3 is 24.9 Å². The van der Waals surface area contributed by atoms with Crippen LogP contribution in [0.5, 0.6) is 0 Å². The van der Waals surface area contributed by atoms with Crippen molar-refractivity contribution in [2.45, 2.75) is 39.0 Å². The maximum Gasteiger partial charge on any atom is 0.222 e. The van der Waals surface area contributed by atoms with E-state index in [1.807, 2.05) is 28.4 Å². The van der Waals surface area contributed by atoms with E-state index in [0.717, 1.165) is 39.9 Å². The second-order valence-electron chi connectivity index (χ2n) is 9.13. The maximum absolute atomic E-state index is 12.0. The average molecular weight is 490 g/mol. The highest BCUT2D eigenvalue weighted by Crippen LogP contribution is 2.27. The van der Waals surface area contributed by atoms with Crippen LogP contribution in [0.15, 0.2) is 59.9 Å². The van der Waals surface area contributed by atoms with Crippen LogP contribution in [0.2, 0.25) is 0 Å². The number of aromatic nitrogens is 5. The van der Waals surface area contributed by atoms with Gasteiger partial charge in [0.05, 0.1) is 35.3 Å². The van der Waals surface area contributed by atoms with Gasteiger partial charge in [-0.15, -0.1) is 11.3 Å². The summed E-state index contributed by atoms with van der Waals surface area (Å²) in [5.41, 5.74) is 5.63. The van der Waals surface area contributed by atoms with E-state index in [9.17, 15) is 9.90 Å². The zero-order valence-electron chi connectivity index (χ0n) is 19.6. The van der Waals surface area contributed by atoms with Gasteiger partial charge in [-0.3, -0.25) is 4.79 Å². The number of nitrogens with one attached hydrogen (secondary N) is 2. The highest BCUT2D eigenvalue weighted by Gasteiger charge is 2.17. The molecular formula is C25H27N7O2S. The number of nitrogens with zero attached hydrogens (tertiary/aromatic N) is 5. The number of carbonyl (C=O) groups is 1. The lowest BCUT2D eigenvalue weighted by Gasteiger charge is -2.16. The van der Waals surface area contributed by atoms with Crippen molar-refractivity contribution in [1.82, 2.24) is 29.4 Å². The second kappa shape index (κ2) is 9.47. The van der Waals surface area contributed by atoms with E-state index in [1.54, 1.807) is 31.5 Å². The Morgan fingerprint density at radius 2 is 1.97 bits per heavy atom. The number of benzene rings is 1. The molecule has 0 unspecified atom stereocenters. The maximum atomic E-state index is 12.0. The molecule has 0 aliphatic rings. The zero-order valence-corrected chi connectivity index (χ0v) is 20.4. The molecule has 5 rings (SSSR count). The van der Waals surface area contributed by atoms with Crippen LogP contribution in [0.3, 0.4) is 0 Å². The van der Waals surface area contributed by atoms with Crippen LogP contribution in [-0.2, 0) is 17.9 Å². The van der Waals surface area contributed by atoms with E-state index in [2.05, 4.69) is 59.9 Å². The lowest BCUT2D eigenvalue weighted by atomic mass is 10.1. The first kappa shape index (κ1) is 23.0. The zero-order chi connectivity index (χ0) is 24.4. The molecule has 0 aliphatic carbocycles. The normalized spacial score (nSPS) is 11.9. The van der Waals surface area contributed by atoms with Crippen molar-refractivity contribution in [1.29, 1.82) is 0 Å². The number of thiazole rings is 1. The quantitative estimate of drug-likeness (QED) is 0.290. The van der Waals surface area contributed by atoms with Crippen molar-refractivity contribution in [3.63, 3.8) is 0 Å². The molecule has 9 nitrogen and oxygen atoms in total. The van der Waals surface area contributed by atoms with Crippen LogP contribution in [0, 0.1) is 0 Å². The Bertz CT molecular complexity index is 1460. The summed E-state index contributed by atoms with van der Waals surface area (Å²) in [5.74, 6) is 0.516. The number of anilines is 2. The Balaban J connectivity index is 1.32. The fourth-order valence-corrected chi connectivity index (χ4v) is 4.67. The van der Waals surface area contributed by atoms with Crippen molar-refractivity contribution in [3.05, 3.63) is 65.6 Å². The van der Waals surface area contributed by atoms with Gasteiger partial charge >= 0.3 is 0 Å². The topological polar surface area (TPSA) is 110 Å². The van der Waals surface area contributed by atoms with Crippen LogP contribution >= 0.6 is 11.3 Å². The monoisotopic (exact) mass is 489 g/mol. The summed E-state index contributed by atoms with van der Waals surface area (Å²) in [5, 5.41) is 19.3. The minimum Gasteiger partial charge on any atom is -0.390 e. The summed E-state index contributed by atoms with van der Waals surface area (Å²) < 4.78 is 4.21. The lowest BCUT2D eigenvalue weighted by Crippen LogP contribution is -2.33. The van der Waals surface area contributed by atoms with Gasteiger partial charge in [-0.05, 0) is 44.2 Å². The number of hydrogen-bond donors (Lipinski definition) is 3. The Morgan fingerprint density at radius 3 is 2.77 bits per heavy atom. The molecule has 0 fully saturated rings. The third kappa shape index (κ3) is 5.33. The second-order valence-corrected chi connectivity index (χ2v) is 9.85. The van der Waals surface area contributed by atoms with E-state index in [1.165, 1.54) is 0 Å². The molecule has 10 heteroatoms. The van der Waals surface area contributed by atoms with Crippen molar-refractivity contribution in [2.24, 2.45) is 0 Å². The standard InChI is InChI=1S/C25H27N7O2S/c1-25(2,34)12-22(33)26-7-10-31-9-6-20-23(31)24(28-15-27-20)30-18-3-4-21-17(11-18)5-8-32(21)13-19-14-35-16-29-19/h3-6,8-9,11,14-16,34H,7,10,12-13H2,1-2H3,(H,26,33)(H,27,28,30). The SMILES string of the molecule is CC(C)(O)CC(=O)NCCn1ccc2ncnc(Nc3ccc4c(ccn4Cc4cscn4)c3)c21. The lowest BCUT2D eigenvalue weighted by molar-refractivity contribution is -0.124. The molecule has 4 aromatic heterocycles. The molecule has 0 bridgehead atoms. The first-order valence-electron chi connectivity index (χ1n) is 11.4. The molecule has 0 radical (unpaired) electrons. The fourth-order valence-electron chi connectivity index (χ4n) is 4.12. The van der Waals surface area contributed by atoms with Gasteiger partial charge in [0.15, 0.2) is 5.82 Å². The van der Waals surface area contributed by atoms with Crippen molar-refractivity contribution in [2.75, 3.05) is 11.9 Å². The summed E-state index contributed by atoms with van der Waals surface area (Å²) in [4.78, 5) is 25.3. The van der Waals surface area contributed by atoms with Crippen LogP contribution < -0.4 is 10.6 Å². The predicted molar refractivity (Wildman–Crippen MR) is 138 cm³/mol. The number of carbonyl (C=O) groups excluding carboxylic acids is 1. The average Bonchev–Trinajstić information content (AvgIpc) is 3.54.